The predicted octanol–water partition coefficient (Wildman–Crippen LogP) is 3.54. The summed E-state index contributed by atoms with van der Waals surface area (Å²) in [5.41, 5.74) is 6.78. The van der Waals surface area contributed by atoms with Crippen LogP contribution in [0, 0.1) is 5.82 Å². The van der Waals surface area contributed by atoms with Crippen molar-refractivity contribution in [3.63, 3.8) is 0 Å². The molecule has 0 aliphatic rings. The second-order valence-corrected chi connectivity index (χ2v) is 5.19. The third kappa shape index (κ3) is 3.72. The molecule has 0 atom stereocenters. The number of methoxy groups -OCH3 is 1. The maximum Gasteiger partial charge on any atom is 0.340 e. The van der Waals surface area contributed by atoms with Crippen LogP contribution in [0.15, 0.2) is 40.9 Å². The van der Waals surface area contributed by atoms with Crippen LogP contribution >= 0.6 is 15.9 Å². The lowest BCUT2D eigenvalue weighted by Crippen LogP contribution is -2.09. The monoisotopic (exact) mass is 353 g/mol. The molecule has 0 spiro atoms. The van der Waals surface area contributed by atoms with E-state index < -0.39 is 11.8 Å². The average molecular weight is 354 g/mol. The predicted molar refractivity (Wildman–Crippen MR) is 80.6 cm³/mol. The van der Waals surface area contributed by atoms with E-state index in [4.69, 9.17) is 15.2 Å². The van der Waals surface area contributed by atoms with Crippen LogP contribution < -0.4 is 10.5 Å². The minimum atomic E-state index is -0.591. The molecule has 0 bridgehead atoms. The highest BCUT2D eigenvalue weighted by Crippen LogP contribution is 2.25. The number of benzene rings is 2. The van der Waals surface area contributed by atoms with Gasteiger partial charge in [0.15, 0.2) is 0 Å². The molecule has 2 rings (SSSR count). The molecule has 0 aliphatic carbocycles. The maximum absolute atomic E-state index is 13.2. The Morgan fingerprint density at radius 1 is 1.33 bits per heavy atom. The van der Waals surface area contributed by atoms with Crippen LogP contribution in [-0.4, -0.2) is 13.1 Å². The first-order valence-electron chi connectivity index (χ1n) is 6.06. The number of ether oxygens (including phenoxy) is 2. The standard InChI is InChI=1S/C15H13BrFNO3/c1-20-13-4-2-3-12(14(13)18)15(19)21-8-9-5-10(16)7-11(17)6-9/h2-7H,8,18H2,1H3. The second-order valence-electron chi connectivity index (χ2n) is 4.28. The highest BCUT2D eigenvalue weighted by molar-refractivity contribution is 9.10. The minimum Gasteiger partial charge on any atom is -0.495 e. The number of rotatable bonds is 4. The summed E-state index contributed by atoms with van der Waals surface area (Å²) < 4.78 is 24.0. The quantitative estimate of drug-likeness (QED) is 0.674. The third-order valence-corrected chi connectivity index (χ3v) is 3.26. The van der Waals surface area contributed by atoms with Crippen LogP contribution in [0.25, 0.3) is 0 Å². The Kier molecular flexibility index (Phi) is 4.80. The van der Waals surface area contributed by atoms with Gasteiger partial charge in [0.1, 0.15) is 18.2 Å². The fraction of sp³-hybridized carbons (Fsp3) is 0.133. The lowest BCUT2D eigenvalue weighted by Gasteiger charge is -2.10. The Labute approximate surface area is 129 Å². The molecular formula is C15H13BrFNO3. The lowest BCUT2D eigenvalue weighted by molar-refractivity contribution is 0.0473. The van der Waals surface area contributed by atoms with E-state index >= 15 is 0 Å². The van der Waals surface area contributed by atoms with Gasteiger partial charge in [0.05, 0.1) is 18.4 Å². The summed E-state index contributed by atoms with van der Waals surface area (Å²) in [6, 6.07) is 9.13. The molecule has 2 aromatic carbocycles. The van der Waals surface area contributed by atoms with Gasteiger partial charge in [-0.2, -0.15) is 0 Å². The molecule has 4 nitrogen and oxygen atoms in total. The molecule has 0 heterocycles. The molecule has 2 N–H and O–H groups in total. The van der Waals surface area contributed by atoms with Crippen molar-refractivity contribution in [3.8, 4) is 5.75 Å². The van der Waals surface area contributed by atoms with Crippen molar-refractivity contribution in [2.24, 2.45) is 0 Å². The number of carbonyl (C=O) groups is 1. The van der Waals surface area contributed by atoms with Gasteiger partial charge in [-0.15, -0.1) is 0 Å². The zero-order valence-corrected chi connectivity index (χ0v) is 12.8. The van der Waals surface area contributed by atoms with Crippen LogP contribution in [0.5, 0.6) is 5.75 Å². The van der Waals surface area contributed by atoms with Crippen molar-refractivity contribution >= 4 is 27.6 Å². The van der Waals surface area contributed by atoms with Crippen LogP contribution in [0.2, 0.25) is 0 Å². The fourth-order valence-electron chi connectivity index (χ4n) is 1.82. The van der Waals surface area contributed by atoms with Gasteiger partial charge >= 0.3 is 5.97 Å². The van der Waals surface area contributed by atoms with Gasteiger partial charge in [-0.05, 0) is 35.9 Å². The molecule has 0 saturated carbocycles. The van der Waals surface area contributed by atoms with Gasteiger partial charge in [0, 0.05) is 4.47 Å². The van der Waals surface area contributed by atoms with Crippen LogP contribution in [0.3, 0.4) is 0 Å². The SMILES string of the molecule is COc1cccc(C(=O)OCc2cc(F)cc(Br)c2)c1N. The van der Waals surface area contributed by atoms with Gasteiger partial charge in [0.25, 0.3) is 0 Å². The zero-order valence-electron chi connectivity index (χ0n) is 11.2. The first-order valence-corrected chi connectivity index (χ1v) is 6.85. The summed E-state index contributed by atoms with van der Waals surface area (Å²) in [5.74, 6) is -0.596. The summed E-state index contributed by atoms with van der Waals surface area (Å²) in [4.78, 5) is 12.0. The maximum atomic E-state index is 13.2. The number of hydrogen-bond donors (Lipinski definition) is 1. The van der Waals surface area contributed by atoms with Crippen molar-refractivity contribution < 1.29 is 18.7 Å². The topological polar surface area (TPSA) is 61.5 Å². The number of nitrogens with two attached hydrogens (primary N) is 1. The molecule has 0 amide bonds. The average Bonchev–Trinajstić information content (AvgIpc) is 2.44. The first kappa shape index (κ1) is 15.3. The van der Waals surface area contributed by atoms with Crippen molar-refractivity contribution in [3.05, 3.63) is 57.8 Å². The van der Waals surface area contributed by atoms with Crippen molar-refractivity contribution in [2.75, 3.05) is 12.8 Å². The van der Waals surface area contributed by atoms with E-state index in [1.165, 1.54) is 19.2 Å². The number of para-hydroxylation sites is 1. The summed E-state index contributed by atoms with van der Waals surface area (Å²) in [6.45, 7) is -0.0498. The molecule has 21 heavy (non-hydrogen) atoms. The first-order chi connectivity index (χ1) is 10.0. The Morgan fingerprint density at radius 3 is 2.76 bits per heavy atom. The normalized spacial score (nSPS) is 10.2. The molecular weight excluding hydrogens is 341 g/mol. The zero-order chi connectivity index (χ0) is 15.4. The van der Waals surface area contributed by atoms with Crippen LogP contribution in [-0.2, 0) is 11.3 Å². The molecule has 6 heteroatoms. The van der Waals surface area contributed by atoms with E-state index in [9.17, 15) is 9.18 Å². The number of carbonyl (C=O) groups excluding carboxylic acids is 1. The van der Waals surface area contributed by atoms with E-state index in [0.717, 1.165) is 0 Å². The summed E-state index contributed by atoms with van der Waals surface area (Å²) in [5, 5.41) is 0. The van der Waals surface area contributed by atoms with Gasteiger partial charge in [-0.3, -0.25) is 0 Å². The number of halogens is 2. The van der Waals surface area contributed by atoms with E-state index in [0.29, 0.717) is 15.8 Å². The number of esters is 1. The van der Waals surface area contributed by atoms with Crippen molar-refractivity contribution in [2.45, 2.75) is 6.61 Å². The highest BCUT2D eigenvalue weighted by Gasteiger charge is 2.14. The molecule has 0 unspecified atom stereocenters. The van der Waals surface area contributed by atoms with Gasteiger partial charge in [-0.25, -0.2) is 9.18 Å². The van der Waals surface area contributed by atoms with Gasteiger partial charge < -0.3 is 15.2 Å². The van der Waals surface area contributed by atoms with Crippen LogP contribution in [0.4, 0.5) is 10.1 Å². The molecule has 0 aliphatic heterocycles. The summed E-state index contributed by atoms with van der Waals surface area (Å²) in [6.07, 6.45) is 0. The number of nitrogen functional groups attached to an aromatic ring is 1. The number of hydrogen-bond acceptors (Lipinski definition) is 4. The van der Waals surface area contributed by atoms with Gasteiger partial charge in [-0.1, -0.05) is 22.0 Å². The van der Waals surface area contributed by atoms with E-state index in [1.54, 1.807) is 24.3 Å². The van der Waals surface area contributed by atoms with E-state index in [1.807, 2.05) is 0 Å². The lowest BCUT2D eigenvalue weighted by atomic mass is 10.1. The largest absolute Gasteiger partial charge is 0.495 e. The fourth-order valence-corrected chi connectivity index (χ4v) is 2.33. The second kappa shape index (κ2) is 6.58. The summed E-state index contributed by atoms with van der Waals surface area (Å²) in [7, 11) is 1.46. The minimum absolute atomic E-state index is 0.0498. The smallest absolute Gasteiger partial charge is 0.340 e. The molecule has 110 valence electrons. The van der Waals surface area contributed by atoms with E-state index in [-0.39, 0.29) is 17.9 Å². The molecule has 0 aromatic heterocycles. The Balaban J connectivity index is 2.12. The number of anilines is 1. The van der Waals surface area contributed by atoms with Crippen molar-refractivity contribution in [1.82, 2.24) is 0 Å². The molecule has 0 saturated heterocycles. The molecule has 0 radical (unpaired) electrons. The highest BCUT2D eigenvalue weighted by atomic mass is 79.9. The van der Waals surface area contributed by atoms with E-state index in [2.05, 4.69) is 15.9 Å². The molecule has 2 aromatic rings. The third-order valence-electron chi connectivity index (χ3n) is 2.80. The molecule has 0 fully saturated rings. The van der Waals surface area contributed by atoms with Crippen molar-refractivity contribution in [1.29, 1.82) is 0 Å². The Hall–Kier alpha value is -2.08. The van der Waals surface area contributed by atoms with Crippen LogP contribution in [0.1, 0.15) is 15.9 Å². The Bertz CT molecular complexity index is 656. The Morgan fingerprint density at radius 2 is 2.10 bits per heavy atom. The summed E-state index contributed by atoms with van der Waals surface area (Å²) >= 11 is 3.18. The van der Waals surface area contributed by atoms with Gasteiger partial charge in [0.2, 0.25) is 0 Å².